The second-order valence-electron chi connectivity index (χ2n) is 5.02. The van der Waals surface area contributed by atoms with Gasteiger partial charge in [0.05, 0.1) is 12.1 Å². The maximum atomic E-state index is 11.4. The smallest absolute Gasteiger partial charge is 0.407 e. The van der Waals surface area contributed by atoms with Gasteiger partial charge in [0.25, 0.3) is 0 Å². The first-order chi connectivity index (χ1) is 7.80. The number of hydrogen-bond donors (Lipinski definition) is 2. The number of hydrogen-bond acceptors (Lipinski definition) is 4. The summed E-state index contributed by atoms with van der Waals surface area (Å²) in [6.45, 7) is 10.4. The Hall–Kier alpha value is -1.28. The van der Waals surface area contributed by atoms with Crippen molar-refractivity contribution in [3.8, 4) is 6.07 Å². The van der Waals surface area contributed by atoms with Crippen molar-refractivity contribution >= 4 is 6.09 Å². The van der Waals surface area contributed by atoms with Crippen LogP contribution in [0, 0.1) is 17.2 Å². The molecule has 0 aliphatic heterocycles. The fourth-order valence-electron chi connectivity index (χ4n) is 1.27. The van der Waals surface area contributed by atoms with Crippen molar-refractivity contribution in [2.75, 3.05) is 13.1 Å². The second kappa shape index (κ2) is 7.13. The molecule has 0 heterocycles. The molecule has 0 saturated carbocycles. The largest absolute Gasteiger partial charge is 0.444 e. The van der Waals surface area contributed by atoms with Crippen LogP contribution in [0.5, 0.6) is 0 Å². The van der Waals surface area contributed by atoms with E-state index in [2.05, 4.69) is 16.7 Å². The summed E-state index contributed by atoms with van der Waals surface area (Å²) in [4.78, 5) is 11.4. The molecule has 0 saturated heterocycles. The number of ether oxygens (including phenoxy) is 1. The van der Waals surface area contributed by atoms with Gasteiger partial charge in [-0.3, -0.25) is 0 Å². The average molecular weight is 241 g/mol. The zero-order chi connectivity index (χ0) is 13.5. The number of nitrogens with zero attached hydrogens (tertiary/aromatic N) is 1. The molecule has 0 aliphatic rings. The second-order valence-corrected chi connectivity index (χ2v) is 5.02. The van der Waals surface area contributed by atoms with Gasteiger partial charge < -0.3 is 15.4 Å². The maximum Gasteiger partial charge on any atom is 0.407 e. The summed E-state index contributed by atoms with van der Waals surface area (Å²) in [6.07, 6.45) is -0.447. The lowest BCUT2D eigenvalue weighted by Crippen LogP contribution is -2.41. The Morgan fingerprint density at radius 1 is 1.47 bits per heavy atom. The summed E-state index contributed by atoms with van der Waals surface area (Å²) in [5, 5.41) is 14.6. The molecular weight excluding hydrogens is 218 g/mol. The standard InChI is InChI=1S/C12H23N3O2/c1-6-14-10(7-13)9(2)8-15-11(16)17-12(3,4)5/h9-10,14H,6,8H2,1-5H3,(H,15,16). The minimum absolute atomic E-state index is 0.0347. The third-order valence-electron chi connectivity index (χ3n) is 2.10. The van der Waals surface area contributed by atoms with Crippen molar-refractivity contribution in [3.05, 3.63) is 0 Å². The van der Waals surface area contributed by atoms with Gasteiger partial charge in [-0.25, -0.2) is 4.79 Å². The lowest BCUT2D eigenvalue weighted by Gasteiger charge is -2.22. The zero-order valence-corrected chi connectivity index (χ0v) is 11.3. The van der Waals surface area contributed by atoms with Crippen molar-refractivity contribution in [2.45, 2.75) is 46.3 Å². The zero-order valence-electron chi connectivity index (χ0n) is 11.3. The number of nitrogens with one attached hydrogen (secondary N) is 2. The van der Waals surface area contributed by atoms with Gasteiger partial charge in [0.1, 0.15) is 5.60 Å². The topological polar surface area (TPSA) is 74.2 Å². The fraction of sp³-hybridized carbons (Fsp3) is 0.833. The van der Waals surface area contributed by atoms with E-state index in [1.54, 1.807) is 0 Å². The number of rotatable bonds is 5. The maximum absolute atomic E-state index is 11.4. The molecule has 0 fully saturated rings. The van der Waals surface area contributed by atoms with Gasteiger partial charge >= 0.3 is 6.09 Å². The Morgan fingerprint density at radius 3 is 2.47 bits per heavy atom. The molecule has 0 aliphatic carbocycles. The molecule has 0 aromatic rings. The van der Waals surface area contributed by atoms with Crippen LogP contribution in [0.3, 0.4) is 0 Å². The fourth-order valence-corrected chi connectivity index (χ4v) is 1.27. The Labute approximate surface area is 104 Å². The molecule has 0 aromatic heterocycles. The molecular formula is C12H23N3O2. The van der Waals surface area contributed by atoms with Crippen LogP contribution in [0.1, 0.15) is 34.6 Å². The number of carbonyl (C=O) groups is 1. The Kier molecular flexibility index (Phi) is 6.59. The molecule has 2 atom stereocenters. The van der Waals surface area contributed by atoms with E-state index in [-0.39, 0.29) is 12.0 Å². The summed E-state index contributed by atoms with van der Waals surface area (Å²) in [5.74, 6) is 0.0347. The Morgan fingerprint density at radius 2 is 2.06 bits per heavy atom. The molecule has 0 rings (SSSR count). The molecule has 5 nitrogen and oxygen atoms in total. The van der Waals surface area contributed by atoms with E-state index in [0.717, 1.165) is 6.54 Å². The van der Waals surface area contributed by atoms with Crippen LogP contribution in [0.4, 0.5) is 4.79 Å². The molecule has 17 heavy (non-hydrogen) atoms. The number of nitriles is 1. The van der Waals surface area contributed by atoms with Crippen LogP contribution >= 0.6 is 0 Å². The first-order valence-corrected chi connectivity index (χ1v) is 5.90. The van der Waals surface area contributed by atoms with Crippen molar-refractivity contribution in [1.82, 2.24) is 10.6 Å². The normalized spacial score (nSPS) is 14.6. The minimum atomic E-state index is -0.496. The highest BCUT2D eigenvalue weighted by Crippen LogP contribution is 2.07. The monoisotopic (exact) mass is 241 g/mol. The third kappa shape index (κ3) is 7.58. The summed E-state index contributed by atoms with van der Waals surface area (Å²) in [7, 11) is 0. The molecule has 2 unspecified atom stereocenters. The molecule has 0 aromatic carbocycles. The average Bonchev–Trinajstić information content (AvgIpc) is 2.20. The molecule has 0 radical (unpaired) electrons. The number of carbonyl (C=O) groups excluding carboxylic acids is 1. The number of alkyl carbamates (subject to hydrolysis) is 1. The van der Waals surface area contributed by atoms with Crippen LogP contribution in [0.25, 0.3) is 0 Å². The van der Waals surface area contributed by atoms with E-state index in [9.17, 15) is 4.79 Å². The van der Waals surface area contributed by atoms with Crippen LogP contribution in [-0.4, -0.2) is 30.8 Å². The van der Waals surface area contributed by atoms with Gasteiger partial charge in [0, 0.05) is 12.5 Å². The first-order valence-electron chi connectivity index (χ1n) is 5.90. The third-order valence-corrected chi connectivity index (χ3v) is 2.10. The lowest BCUT2D eigenvalue weighted by molar-refractivity contribution is 0.0519. The highest BCUT2D eigenvalue weighted by atomic mass is 16.6. The summed E-state index contributed by atoms with van der Waals surface area (Å²) in [6, 6.07) is 1.92. The van der Waals surface area contributed by atoms with Gasteiger partial charge in [-0.2, -0.15) is 5.26 Å². The van der Waals surface area contributed by atoms with Crippen LogP contribution in [0.2, 0.25) is 0 Å². The van der Waals surface area contributed by atoms with E-state index in [1.165, 1.54) is 0 Å². The van der Waals surface area contributed by atoms with E-state index < -0.39 is 11.7 Å². The SMILES string of the molecule is CCNC(C#N)C(C)CNC(=O)OC(C)(C)C. The Bertz CT molecular complexity index is 278. The highest BCUT2D eigenvalue weighted by molar-refractivity contribution is 5.67. The van der Waals surface area contributed by atoms with Crippen molar-refractivity contribution in [1.29, 1.82) is 5.26 Å². The minimum Gasteiger partial charge on any atom is -0.444 e. The first kappa shape index (κ1) is 15.7. The van der Waals surface area contributed by atoms with Crippen LogP contribution in [-0.2, 0) is 4.74 Å². The lowest BCUT2D eigenvalue weighted by atomic mass is 10.0. The van der Waals surface area contributed by atoms with Gasteiger partial charge in [-0.1, -0.05) is 13.8 Å². The van der Waals surface area contributed by atoms with Crippen LogP contribution in [0.15, 0.2) is 0 Å². The van der Waals surface area contributed by atoms with E-state index in [4.69, 9.17) is 10.00 Å². The van der Waals surface area contributed by atoms with Gasteiger partial charge in [0.15, 0.2) is 0 Å². The van der Waals surface area contributed by atoms with Gasteiger partial charge in [-0.15, -0.1) is 0 Å². The highest BCUT2D eigenvalue weighted by Gasteiger charge is 2.19. The van der Waals surface area contributed by atoms with Crippen molar-refractivity contribution in [2.24, 2.45) is 5.92 Å². The molecule has 0 bridgehead atoms. The molecule has 98 valence electrons. The predicted molar refractivity (Wildman–Crippen MR) is 66.5 cm³/mol. The van der Waals surface area contributed by atoms with E-state index in [1.807, 2.05) is 34.6 Å². The number of amides is 1. The Balaban J connectivity index is 4.03. The quantitative estimate of drug-likeness (QED) is 0.767. The van der Waals surface area contributed by atoms with E-state index >= 15 is 0 Å². The summed E-state index contributed by atoms with van der Waals surface area (Å²) < 4.78 is 5.11. The molecule has 2 N–H and O–H groups in total. The molecule has 5 heteroatoms. The van der Waals surface area contributed by atoms with Gasteiger partial charge in [0.2, 0.25) is 0 Å². The van der Waals surface area contributed by atoms with Crippen LogP contribution < -0.4 is 10.6 Å². The predicted octanol–water partition coefficient (Wildman–Crippen LogP) is 1.65. The summed E-state index contributed by atoms with van der Waals surface area (Å²) in [5.41, 5.74) is -0.496. The summed E-state index contributed by atoms with van der Waals surface area (Å²) >= 11 is 0. The van der Waals surface area contributed by atoms with Crippen molar-refractivity contribution in [3.63, 3.8) is 0 Å². The van der Waals surface area contributed by atoms with Gasteiger partial charge in [-0.05, 0) is 27.3 Å². The van der Waals surface area contributed by atoms with Crippen molar-refractivity contribution < 1.29 is 9.53 Å². The van der Waals surface area contributed by atoms with E-state index in [0.29, 0.717) is 6.54 Å². The molecule has 1 amide bonds. The molecule has 0 spiro atoms.